The number of β-amino-alcohol motifs (C(OH)–C–C–N with tert-alkyl or cyclic N) is 1. The predicted molar refractivity (Wildman–Crippen MR) is 42.3 cm³/mol. The Morgan fingerprint density at radius 1 is 1.82 bits per heavy atom. The number of hydrogen-bond donors (Lipinski definition) is 1. The molecular formula is C7H11ClN2O. The van der Waals surface area contributed by atoms with E-state index in [0.717, 1.165) is 13.0 Å². The summed E-state index contributed by atoms with van der Waals surface area (Å²) in [6.07, 6.45) is 0.576. The number of aliphatic hydroxyl groups excluding tert-OH is 1. The highest BCUT2D eigenvalue weighted by molar-refractivity contribution is 6.22. The van der Waals surface area contributed by atoms with Gasteiger partial charge in [0.1, 0.15) is 5.38 Å². The molecule has 0 aliphatic carbocycles. The van der Waals surface area contributed by atoms with E-state index >= 15 is 0 Å². The molecule has 1 aliphatic heterocycles. The lowest BCUT2D eigenvalue weighted by Crippen LogP contribution is -2.28. The van der Waals surface area contributed by atoms with E-state index < -0.39 is 5.38 Å². The maximum atomic E-state index is 9.12. The molecule has 0 radical (unpaired) electrons. The van der Waals surface area contributed by atoms with Crippen LogP contribution in [-0.2, 0) is 0 Å². The zero-order valence-corrected chi connectivity index (χ0v) is 6.96. The summed E-state index contributed by atoms with van der Waals surface area (Å²) in [5, 5.41) is 17.1. The highest BCUT2D eigenvalue weighted by Crippen LogP contribution is 2.10. The molecule has 0 amide bonds. The van der Waals surface area contributed by atoms with Crippen LogP contribution in [0.4, 0.5) is 0 Å². The van der Waals surface area contributed by atoms with Crippen molar-refractivity contribution in [3.8, 4) is 6.07 Å². The van der Waals surface area contributed by atoms with E-state index in [2.05, 4.69) is 0 Å². The van der Waals surface area contributed by atoms with E-state index in [4.69, 9.17) is 22.0 Å². The first-order valence-electron chi connectivity index (χ1n) is 3.66. The topological polar surface area (TPSA) is 47.3 Å². The van der Waals surface area contributed by atoms with Gasteiger partial charge in [0.05, 0.1) is 12.2 Å². The number of nitriles is 1. The summed E-state index contributed by atoms with van der Waals surface area (Å²) in [6.45, 7) is 2.08. The van der Waals surface area contributed by atoms with E-state index in [1.807, 2.05) is 11.0 Å². The third-order valence-corrected chi connectivity index (χ3v) is 2.04. The molecular weight excluding hydrogens is 164 g/mol. The molecule has 0 aromatic carbocycles. The van der Waals surface area contributed by atoms with Crippen LogP contribution in [0, 0.1) is 11.3 Å². The number of alkyl halides is 1. The van der Waals surface area contributed by atoms with E-state index in [0.29, 0.717) is 13.1 Å². The van der Waals surface area contributed by atoms with Gasteiger partial charge in [-0.1, -0.05) is 0 Å². The van der Waals surface area contributed by atoms with Gasteiger partial charge in [-0.05, 0) is 6.42 Å². The van der Waals surface area contributed by atoms with E-state index in [1.54, 1.807) is 0 Å². The summed E-state index contributed by atoms with van der Waals surface area (Å²) < 4.78 is 0. The van der Waals surface area contributed by atoms with E-state index in [-0.39, 0.29) is 6.10 Å². The molecule has 11 heavy (non-hydrogen) atoms. The fraction of sp³-hybridized carbons (Fsp3) is 0.857. The summed E-state index contributed by atoms with van der Waals surface area (Å²) in [5.74, 6) is 0. The Labute approximate surface area is 71.2 Å². The quantitative estimate of drug-likeness (QED) is 0.608. The molecule has 2 atom stereocenters. The first-order valence-corrected chi connectivity index (χ1v) is 4.10. The highest BCUT2D eigenvalue weighted by Gasteiger charge is 2.21. The summed E-state index contributed by atoms with van der Waals surface area (Å²) in [7, 11) is 0. The molecule has 0 aromatic rings. The Kier molecular flexibility index (Phi) is 3.13. The van der Waals surface area contributed by atoms with Crippen molar-refractivity contribution < 1.29 is 5.11 Å². The molecule has 0 saturated carbocycles. The number of rotatable bonds is 2. The maximum absolute atomic E-state index is 9.12. The third-order valence-electron chi connectivity index (χ3n) is 1.81. The largest absolute Gasteiger partial charge is 0.392 e. The number of halogens is 1. The van der Waals surface area contributed by atoms with Gasteiger partial charge in [-0.25, -0.2) is 0 Å². The third kappa shape index (κ3) is 2.66. The van der Waals surface area contributed by atoms with Gasteiger partial charge in [-0.3, -0.25) is 4.90 Å². The van der Waals surface area contributed by atoms with Crippen LogP contribution in [0.5, 0.6) is 0 Å². The second-order valence-electron chi connectivity index (χ2n) is 2.80. The molecule has 1 saturated heterocycles. The zero-order valence-electron chi connectivity index (χ0n) is 6.20. The van der Waals surface area contributed by atoms with Crippen molar-refractivity contribution in [1.29, 1.82) is 5.26 Å². The number of nitrogens with zero attached hydrogens (tertiary/aromatic N) is 2. The van der Waals surface area contributed by atoms with Crippen LogP contribution in [-0.4, -0.2) is 41.1 Å². The first kappa shape index (κ1) is 8.79. The van der Waals surface area contributed by atoms with Crippen LogP contribution in [0.3, 0.4) is 0 Å². The monoisotopic (exact) mass is 174 g/mol. The molecule has 62 valence electrons. The molecule has 0 spiro atoms. The maximum Gasteiger partial charge on any atom is 0.133 e. The van der Waals surface area contributed by atoms with Crippen molar-refractivity contribution in [2.75, 3.05) is 19.6 Å². The fourth-order valence-electron chi connectivity index (χ4n) is 1.25. The van der Waals surface area contributed by atoms with Gasteiger partial charge < -0.3 is 5.11 Å². The van der Waals surface area contributed by atoms with Crippen molar-refractivity contribution in [3.63, 3.8) is 0 Å². The van der Waals surface area contributed by atoms with Gasteiger partial charge >= 0.3 is 0 Å². The van der Waals surface area contributed by atoms with Crippen LogP contribution in [0.2, 0.25) is 0 Å². The van der Waals surface area contributed by atoms with Gasteiger partial charge in [0, 0.05) is 19.6 Å². The average Bonchev–Trinajstić information content (AvgIpc) is 2.35. The molecule has 4 heteroatoms. The summed E-state index contributed by atoms with van der Waals surface area (Å²) >= 11 is 5.61. The van der Waals surface area contributed by atoms with Gasteiger partial charge in [0.2, 0.25) is 0 Å². The summed E-state index contributed by atoms with van der Waals surface area (Å²) in [5.41, 5.74) is 0. The van der Waals surface area contributed by atoms with Crippen LogP contribution >= 0.6 is 11.6 Å². The predicted octanol–water partition coefficient (Wildman–Crippen LogP) is 0.184. The number of likely N-dealkylation sites (tertiary alicyclic amines) is 1. The fourth-order valence-corrected chi connectivity index (χ4v) is 1.44. The van der Waals surface area contributed by atoms with Crippen LogP contribution in [0.25, 0.3) is 0 Å². The lowest BCUT2D eigenvalue weighted by Gasteiger charge is -2.14. The molecule has 1 rings (SSSR count). The molecule has 1 fully saturated rings. The van der Waals surface area contributed by atoms with E-state index in [9.17, 15) is 0 Å². The molecule has 1 heterocycles. The Balaban J connectivity index is 2.24. The standard InChI is InChI=1S/C7H11ClN2O/c8-6(3-9)4-10-2-1-7(11)5-10/h6-7,11H,1-2,4-5H2. The van der Waals surface area contributed by atoms with Crippen LogP contribution in [0.15, 0.2) is 0 Å². The molecule has 0 bridgehead atoms. The Bertz CT molecular complexity index is 168. The van der Waals surface area contributed by atoms with Gasteiger partial charge in [-0.15, -0.1) is 11.6 Å². The van der Waals surface area contributed by atoms with Crippen LogP contribution in [0.1, 0.15) is 6.42 Å². The smallest absolute Gasteiger partial charge is 0.133 e. The normalized spacial score (nSPS) is 28.3. The molecule has 1 aliphatic rings. The molecule has 3 nitrogen and oxygen atoms in total. The lowest BCUT2D eigenvalue weighted by atomic mass is 10.3. The van der Waals surface area contributed by atoms with Crippen molar-refractivity contribution in [3.05, 3.63) is 0 Å². The highest BCUT2D eigenvalue weighted by atomic mass is 35.5. The Hall–Kier alpha value is -0.300. The van der Waals surface area contributed by atoms with E-state index in [1.165, 1.54) is 0 Å². The lowest BCUT2D eigenvalue weighted by molar-refractivity contribution is 0.177. The van der Waals surface area contributed by atoms with Gasteiger partial charge in [0.25, 0.3) is 0 Å². The number of hydrogen-bond acceptors (Lipinski definition) is 3. The second-order valence-corrected chi connectivity index (χ2v) is 3.33. The van der Waals surface area contributed by atoms with Crippen molar-refractivity contribution >= 4 is 11.6 Å². The number of aliphatic hydroxyl groups is 1. The van der Waals surface area contributed by atoms with Crippen molar-refractivity contribution in [2.45, 2.75) is 17.9 Å². The second kappa shape index (κ2) is 3.91. The minimum atomic E-state index is -0.444. The molecule has 2 unspecified atom stereocenters. The first-order chi connectivity index (χ1) is 5.22. The summed E-state index contributed by atoms with van der Waals surface area (Å²) in [4.78, 5) is 2.01. The minimum absolute atomic E-state index is 0.224. The molecule has 1 N–H and O–H groups in total. The van der Waals surface area contributed by atoms with Crippen LogP contribution < -0.4 is 0 Å². The Morgan fingerprint density at radius 2 is 2.55 bits per heavy atom. The van der Waals surface area contributed by atoms with Gasteiger partial charge in [-0.2, -0.15) is 5.26 Å². The molecule has 0 aromatic heterocycles. The van der Waals surface area contributed by atoms with Crippen molar-refractivity contribution in [1.82, 2.24) is 4.90 Å². The van der Waals surface area contributed by atoms with Gasteiger partial charge in [0.15, 0.2) is 0 Å². The SMILES string of the molecule is N#CC(Cl)CN1CCC(O)C1. The van der Waals surface area contributed by atoms with Crippen molar-refractivity contribution in [2.24, 2.45) is 0 Å². The average molecular weight is 175 g/mol. The summed E-state index contributed by atoms with van der Waals surface area (Å²) in [6, 6.07) is 1.95. The Morgan fingerprint density at radius 3 is 3.00 bits per heavy atom. The minimum Gasteiger partial charge on any atom is -0.392 e. The zero-order chi connectivity index (χ0) is 8.27.